The molecule has 4 amide bonds. The maximum atomic E-state index is 14.7. The minimum absolute atomic E-state index is 0.389. The van der Waals surface area contributed by atoms with E-state index < -0.39 is 197 Å². The fraction of sp³-hybridized carbons (Fsp3) is 0.773. The summed E-state index contributed by atoms with van der Waals surface area (Å²) in [7, 11) is 0. The summed E-state index contributed by atoms with van der Waals surface area (Å²) in [6, 6.07) is 4.57. The molecule has 410 valence electrons. The average molecular weight is 1040 g/mol. The number of hydrogen-bond donors (Lipinski definition) is 16. The summed E-state index contributed by atoms with van der Waals surface area (Å²) in [5.74, 6) is -3.91. The number of aliphatic hydroxyl groups excluding tert-OH is 14. The average Bonchev–Trinajstić information content (AvgIpc) is 3.31. The van der Waals surface area contributed by atoms with Crippen LogP contribution in [0.2, 0.25) is 0 Å². The predicted octanol–water partition coefficient (Wildman–Crippen LogP) is -8.35. The Morgan fingerprint density at radius 1 is 0.486 bits per heavy atom. The summed E-state index contributed by atoms with van der Waals surface area (Å²) in [6.07, 6.45) is -37.5. The van der Waals surface area contributed by atoms with Crippen LogP contribution in [0.15, 0.2) is 24.3 Å². The lowest BCUT2D eigenvalue weighted by atomic mass is 9.95. The molecule has 4 fully saturated rings. The first kappa shape index (κ1) is 59.2. The van der Waals surface area contributed by atoms with Gasteiger partial charge < -0.3 is 120 Å². The van der Waals surface area contributed by atoms with E-state index >= 15 is 0 Å². The number of amides is 4. The van der Waals surface area contributed by atoms with E-state index in [0.29, 0.717) is 9.80 Å². The Morgan fingerprint density at radius 2 is 0.819 bits per heavy atom. The van der Waals surface area contributed by atoms with Gasteiger partial charge in [0.2, 0.25) is 11.8 Å². The molecule has 5 rings (SSSR count). The van der Waals surface area contributed by atoms with Gasteiger partial charge in [-0.1, -0.05) is 6.07 Å². The van der Waals surface area contributed by atoms with Gasteiger partial charge in [0, 0.05) is 22.2 Å². The van der Waals surface area contributed by atoms with Crippen LogP contribution in [0.25, 0.3) is 0 Å². The summed E-state index contributed by atoms with van der Waals surface area (Å²) >= 11 is 0. The molecular weight excluding hydrogens is 968 g/mol. The summed E-state index contributed by atoms with van der Waals surface area (Å²) in [6.45, 7) is 4.28. The summed E-state index contributed by atoms with van der Waals surface area (Å²) in [5, 5.41) is 154. The van der Waals surface area contributed by atoms with Crippen molar-refractivity contribution in [2.75, 3.05) is 39.5 Å². The van der Waals surface area contributed by atoms with Crippen LogP contribution in [0.4, 0.5) is 0 Å². The van der Waals surface area contributed by atoms with Crippen molar-refractivity contribution in [2.45, 2.75) is 175 Å². The summed E-state index contributed by atoms with van der Waals surface area (Å²) < 4.78 is 33.9. The molecule has 4 saturated heterocycles. The molecular formula is C44H70N4O24. The monoisotopic (exact) mass is 1040 g/mol. The highest BCUT2D eigenvalue weighted by molar-refractivity contribution is 6.01. The van der Waals surface area contributed by atoms with Crippen LogP contribution in [0.5, 0.6) is 0 Å². The van der Waals surface area contributed by atoms with E-state index in [9.17, 15) is 90.7 Å². The van der Waals surface area contributed by atoms with Crippen LogP contribution in [0.1, 0.15) is 62.3 Å². The molecule has 0 unspecified atom stereocenters. The molecule has 1 aromatic rings. The molecule has 4 aliphatic heterocycles. The van der Waals surface area contributed by atoms with E-state index in [1.165, 1.54) is 18.2 Å². The molecule has 0 radical (unpaired) electrons. The van der Waals surface area contributed by atoms with Crippen molar-refractivity contribution >= 4 is 23.6 Å². The third kappa shape index (κ3) is 13.6. The van der Waals surface area contributed by atoms with Gasteiger partial charge in [-0.3, -0.25) is 19.2 Å². The molecule has 0 saturated carbocycles. The van der Waals surface area contributed by atoms with Crippen molar-refractivity contribution in [3.05, 3.63) is 35.4 Å². The molecule has 20 atom stereocenters. The van der Waals surface area contributed by atoms with Crippen LogP contribution in [0, 0.1) is 0 Å². The number of carbonyl (C=O) groups excluding carboxylic acids is 4. The van der Waals surface area contributed by atoms with Crippen molar-refractivity contribution in [1.29, 1.82) is 0 Å². The predicted molar refractivity (Wildman–Crippen MR) is 237 cm³/mol. The zero-order chi connectivity index (χ0) is 53.9. The molecule has 4 aliphatic rings. The minimum atomic E-state index is -2.18. The van der Waals surface area contributed by atoms with E-state index in [1.807, 2.05) is 0 Å². The van der Waals surface area contributed by atoms with Crippen molar-refractivity contribution in [1.82, 2.24) is 20.4 Å². The Morgan fingerprint density at radius 3 is 1.12 bits per heavy atom. The zero-order valence-electron chi connectivity index (χ0n) is 40.3. The van der Waals surface area contributed by atoms with E-state index in [0.717, 1.165) is 6.07 Å². The standard InChI is InChI=1S/C44H70N4O24/c1-43(2,3)45-23(53)11-47(39-31(61)29(59)35(21(15-51)67-39)71-41-33(63)27(57)25(55)19(13-49)69-41)37(65)17-8-7-9-18(10-17)38(66)48(12-24(54)46-44(4,5)6)40-32(62)30(60)36(22(16-52)68-40)72-42-34(64)28(58)26(56)20(14-50)70-42/h7-10,19-22,25-36,39-42,49-52,55-64H,11-16H2,1-6H3,(H,45,53)(H,46,54)/t19-,20-,21-,22-,25+,26+,27+,28+,29-,30-,31-,32-,33-,34-,35-,36-,39-,40-,41+,42+/m1/s1. The highest BCUT2D eigenvalue weighted by Gasteiger charge is 2.54. The van der Waals surface area contributed by atoms with Gasteiger partial charge in [-0.05, 0) is 59.7 Å². The lowest BCUT2D eigenvalue weighted by Gasteiger charge is -2.48. The molecule has 0 aromatic heterocycles. The highest BCUT2D eigenvalue weighted by atomic mass is 16.7. The molecule has 0 spiro atoms. The van der Waals surface area contributed by atoms with Crippen LogP contribution in [-0.4, -0.2) is 278 Å². The van der Waals surface area contributed by atoms with E-state index in [4.69, 9.17) is 28.4 Å². The third-order valence-electron chi connectivity index (χ3n) is 12.1. The van der Waals surface area contributed by atoms with Crippen LogP contribution in [-0.2, 0) is 38.0 Å². The Bertz CT molecular complexity index is 1850. The molecule has 16 N–H and O–H groups in total. The number of ether oxygens (including phenoxy) is 6. The fourth-order valence-corrected chi connectivity index (χ4v) is 8.55. The number of rotatable bonds is 16. The number of carbonyl (C=O) groups is 4. The smallest absolute Gasteiger partial charge is 0.256 e. The van der Waals surface area contributed by atoms with Crippen molar-refractivity contribution < 1.29 is 119 Å². The normalized spacial score (nSPS) is 37.6. The first-order valence-corrected chi connectivity index (χ1v) is 23.1. The maximum Gasteiger partial charge on any atom is 0.256 e. The number of nitrogens with zero attached hydrogens (tertiary/aromatic N) is 2. The quantitative estimate of drug-likeness (QED) is 0.0731. The second kappa shape index (κ2) is 24.3. The Hall–Kier alpha value is -3.70. The van der Waals surface area contributed by atoms with Crippen LogP contribution in [0.3, 0.4) is 0 Å². The SMILES string of the molecule is CC(C)(C)NC(=O)CN(C(=O)c1cccc(C(=O)N(CC(=O)NC(C)(C)C)[C@@H]2O[C@H](CO)[C@@H](O[C@@H]3O[C@H](CO)[C@H](O)[C@H](O)[C@H]3O)[C@H](O)[C@H]2O)c1)[C@@H]1O[C@H](CO)[C@@H](O[C@@H]2O[C@H](CO)[C@H](O)[C@H](O)[C@H]2O)[C@H](O)[C@H]1O. The Labute approximate surface area is 412 Å². The first-order valence-electron chi connectivity index (χ1n) is 23.1. The molecule has 72 heavy (non-hydrogen) atoms. The summed E-state index contributed by atoms with van der Waals surface area (Å²) in [4.78, 5) is 57.7. The number of benzene rings is 1. The molecule has 28 heteroatoms. The second-order valence-corrected chi connectivity index (χ2v) is 20.1. The third-order valence-corrected chi connectivity index (χ3v) is 12.1. The van der Waals surface area contributed by atoms with Gasteiger partial charge >= 0.3 is 0 Å². The first-order chi connectivity index (χ1) is 33.6. The van der Waals surface area contributed by atoms with E-state index in [2.05, 4.69) is 10.6 Å². The van der Waals surface area contributed by atoms with Gasteiger partial charge in [-0.15, -0.1) is 0 Å². The van der Waals surface area contributed by atoms with Crippen molar-refractivity contribution in [3.63, 3.8) is 0 Å². The van der Waals surface area contributed by atoms with Crippen LogP contribution >= 0.6 is 0 Å². The molecule has 0 aliphatic carbocycles. The van der Waals surface area contributed by atoms with Gasteiger partial charge in [0.15, 0.2) is 25.0 Å². The van der Waals surface area contributed by atoms with Crippen molar-refractivity contribution in [3.8, 4) is 0 Å². The topological polar surface area (TPSA) is 437 Å². The Kier molecular flexibility index (Phi) is 20.0. The molecule has 4 heterocycles. The van der Waals surface area contributed by atoms with Gasteiger partial charge in [-0.2, -0.15) is 0 Å². The molecule has 0 bridgehead atoms. The lowest BCUT2D eigenvalue weighted by Crippen LogP contribution is -2.67. The highest BCUT2D eigenvalue weighted by Crippen LogP contribution is 2.33. The molecule has 28 nitrogen and oxygen atoms in total. The maximum absolute atomic E-state index is 14.7. The minimum Gasteiger partial charge on any atom is -0.394 e. The number of nitrogens with one attached hydrogen (secondary N) is 2. The van der Waals surface area contributed by atoms with Gasteiger partial charge in [-0.25, -0.2) is 0 Å². The van der Waals surface area contributed by atoms with Crippen molar-refractivity contribution in [2.24, 2.45) is 0 Å². The van der Waals surface area contributed by atoms with Gasteiger partial charge in [0.05, 0.1) is 26.4 Å². The molecule has 1 aromatic carbocycles. The van der Waals surface area contributed by atoms with E-state index in [1.54, 1.807) is 41.5 Å². The number of aliphatic hydroxyl groups is 14. The van der Waals surface area contributed by atoms with E-state index in [-0.39, 0.29) is 11.1 Å². The van der Waals surface area contributed by atoms with Gasteiger partial charge in [0.25, 0.3) is 11.8 Å². The lowest BCUT2D eigenvalue weighted by molar-refractivity contribution is -0.347. The van der Waals surface area contributed by atoms with Gasteiger partial charge in [0.1, 0.15) is 111 Å². The summed E-state index contributed by atoms with van der Waals surface area (Å²) in [5.41, 5.74) is -2.55. The number of hydrogen-bond acceptors (Lipinski definition) is 24. The largest absolute Gasteiger partial charge is 0.394 e. The fourth-order valence-electron chi connectivity index (χ4n) is 8.55. The second-order valence-electron chi connectivity index (χ2n) is 20.1. The van der Waals surface area contributed by atoms with Crippen LogP contribution < -0.4 is 10.6 Å². The zero-order valence-corrected chi connectivity index (χ0v) is 40.3. The Balaban J connectivity index is 1.47.